The summed E-state index contributed by atoms with van der Waals surface area (Å²) in [5, 5.41) is 3.18. The van der Waals surface area contributed by atoms with Crippen LogP contribution >= 0.6 is 0 Å². The van der Waals surface area contributed by atoms with Crippen molar-refractivity contribution in [3.8, 4) is 0 Å². The van der Waals surface area contributed by atoms with E-state index in [1.165, 1.54) is 19.3 Å². The Morgan fingerprint density at radius 2 is 1.47 bits per heavy atom. The maximum absolute atomic E-state index is 13.2. The molecule has 6 rings (SSSR count). The number of carbonyl (C=O) groups is 2. The van der Waals surface area contributed by atoms with E-state index >= 15 is 0 Å². The molecule has 4 nitrogen and oxygen atoms in total. The van der Waals surface area contributed by atoms with Gasteiger partial charge in [-0.2, -0.15) is 0 Å². The van der Waals surface area contributed by atoms with Crippen LogP contribution in [0.4, 0.5) is 11.4 Å². The van der Waals surface area contributed by atoms with Crippen molar-refractivity contribution < 1.29 is 9.59 Å². The average Bonchev–Trinajstić information content (AvgIpc) is 2.74. The van der Waals surface area contributed by atoms with Gasteiger partial charge in [-0.15, -0.1) is 0 Å². The maximum Gasteiger partial charge on any atom is 0.258 e. The summed E-state index contributed by atoms with van der Waals surface area (Å²) < 4.78 is 0. The monoisotopic (exact) mass is 402 g/mol. The lowest BCUT2D eigenvalue weighted by Crippen LogP contribution is -2.51. The van der Waals surface area contributed by atoms with Gasteiger partial charge in [0.25, 0.3) is 5.91 Å². The van der Waals surface area contributed by atoms with E-state index in [0.717, 1.165) is 48.4 Å². The number of hydrogen-bond donors (Lipinski definition) is 1. The fourth-order valence-corrected chi connectivity index (χ4v) is 6.56. The minimum absolute atomic E-state index is 0.0253. The third kappa shape index (κ3) is 3.42. The SMILES string of the molecule is CCN(C(=O)c1ccc(NC(=O)C23CC4CC(CC(C4)C2)C3)cc1)c1ccccc1. The van der Waals surface area contributed by atoms with Crippen LogP contribution in [0.15, 0.2) is 54.6 Å². The van der Waals surface area contributed by atoms with Gasteiger partial charge < -0.3 is 10.2 Å². The first-order valence-electron chi connectivity index (χ1n) is 11.3. The van der Waals surface area contributed by atoms with Gasteiger partial charge in [-0.05, 0) is 99.6 Å². The molecule has 0 aromatic heterocycles. The molecule has 156 valence electrons. The van der Waals surface area contributed by atoms with Gasteiger partial charge in [-0.3, -0.25) is 9.59 Å². The largest absolute Gasteiger partial charge is 0.326 e. The molecule has 4 heteroatoms. The van der Waals surface area contributed by atoms with E-state index in [2.05, 4.69) is 5.32 Å². The Hall–Kier alpha value is -2.62. The zero-order valence-electron chi connectivity index (χ0n) is 17.6. The zero-order chi connectivity index (χ0) is 20.7. The third-order valence-electron chi connectivity index (χ3n) is 7.54. The number of para-hydroxylation sites is 1. The number of hydrogen-bond acceptors (Lipinski definition) is 2. The van der Waals surface area contributed by atoms with Crippen LogP contribution in [0.1, 0.15) is 55.8 Å². The van der Waals surface area contributed by atoms with E-state index in [1.54, 1.807) is 4.90 Å². The normalized spacial score (nSPS) is 28.9. The van der Waals surface area contributed by atoms with Crippen molar-refractivity contribution in [1.29, 1.82) is 0 Å². The summed E-state index contributed by atoms with van der Waals surface area (Å²) >= 11 is 0. The van der Waals surface area contributed by atoms with Crippen molar-refractivity contribution >= 4 is 23.2 Å². The van der Waals surface area contributed by atoms with Crippen LogP contribution in [0.3, 0.4) is 0 Å². The fourth-order valence-electron chi connectivity index (χ4n) is 6.56. The maximum atomic E-state index is 13.2. The molecule has 4 fully saturated rings. The number of carbonyl (C=O) groups excluding carboxylic acids is 2. The minimum Gasteiger partial charge on any atom is -0.326 e. The Labute approximate surface area is 178 Å². The highest BCUT2D eigenvalue weighted by Crippen LogP contribution is 2.60. The zero-order valence-corrected chi connectivity index (χ0v) is 17.6. The Balaban J connectivity index is 1.28. The molecule has 0 aliphatic heterocycles. The van der Waals surface area contributed by atoms with Gasteiger partial charge in [0, 0.05) is 23.5 Å². The first kappa shape index (κ1) is 19.3. The molecule has 0 atom stereocenters. The predicted molar refractivity (Wildman–Crippen MR) is 119 cm³/mol. The molecule has 4 bridgehead atoms. The Morgan fingerprint density at radius 1 is 0.900 bits per heavy atom. The molecule has 2 aromatic carbocycles. The van der Waals surface area contributed by atoms with Crippen molar-refractivity contribution in [2.24, 2.45) is 23.2 Å². The second-order valence-electron chi connectivity index (χ2n) is 9.61. The van der Waals surface area contributed by atoms with Crippen molar-refractivity contribution in [2.45, 2.75) is 45.4 Å². The van der Waals surface area contributed by atoms with E-state index in [4.69, 9.17) is 0 Å². The summed E-state index contributed by atoms with van der Waals surface area (Å²) in [6.45, 7) is 2.58. The van der Waals surface area contributed by atoms with Crippen LogP contribution in [0.5, 0.6) is 0 Å². The lowest BCUT2D eigenvalue weighted by atomic mass is 9.49. The highest BCUT2D eigenvalue weighted by atomic mass is 16.2. The van der Waals surface area contributed by atoms with Crippen LogP contribution in [-0.4, -0.2) is 18.4 Å². The van der Waals surface area contributed by atoms with Crippen LogP contribution < -0.4 is 10.2 Å². The average molecular weight is 403 g/mol. The molecule has 4 aliphatic carbocycles. The van der Waals surface area contributed by atoms with E-state index in [1.807, 2.05) is 61.5 Å². The molecular formula is C26H30N2O2. The van der Waals surface area contributed by atoms with Gasteiger partial charge in [0.2, 0.25) is 5.91 Å². The third-order valence-corrected chi connectivity index (χ3v) is 7.54. The quantitative estimate of drug-likeness (QED) is 0.717. The van der Waals surface area contributed by atoms with Crippen LogP contribution in [-0.2, 0) is 4.79 Å². The van der Waals surface area contributed by atoms with Crippen molar-refractivity contribution in [1.82, 2.24) is 0 Å². The molecule has 30 heavy (non-hydrogen) atoms. The lowest BCUT2D eigenvalue weighted by Gasteiger charge is -2.55. The molecule has 2 amide bonds. The summed E-state index contributed by atoms with van der Waals surface area (Å²) in [6, 6.07) is 17.1. The molecule has 4 aliphatic rings. The van der Waals surface area contributed by atoms with Crippen LogP contribution in [0.2, 0.25) is 0 Å². The smallest absolute Gasteiger partial charge is 0.258 e. The molecule has 0 radical (unpaired) electrons. The van der Waals surface area contributed by atoms with Crippen molar-refractivity contribution in [2.75, 3.05) is 16.8 Å². The van der Waals surface area contributed by atoms with Crippen molar-refractivity contribution in [3.63, 3.8) is 0 Å². The predicted octanol–water partition coefficient (Wildman–Crippen LogP) is 5.51. The highest BCUT2D eigenvalue weighted by Gasteiger charge is 2.54. The molecule has 0 heterocycles. The summed E-state index contributed by atoms with van der Waals surface area (Å²) in [7, 11) is 0. The number of amides is 2. The topological polar surface area (TPSA) is 49.4 Å². The summed E-state index contributed by atoms with van der Waals surface area (Å²) in [4.78, 5) is 28.0. The van der Waals surface area contributed by atoms with Gasteiger partial charge in [0.15, 0.2) is 0 Å². The number of nitrogens with zero attached hydrogens (tertiary/aromatic N) is 1. The lowest BCUT2D eigenvalue weighted by molar-refractivity contribution is -0.140. The molecule has 0 unspecified atom stereocenters. The molecule has 2 aromatic rings. The van der Waals surface area contributed by atoms with Crippen LogP contribution in [0.25, 0.3) is 0 Å². The Bertz CT molecular complexity index is 900. The van der Waals surface area contributed by atoms with Gasteiger partial charge in [-0.25, -0.2) is 0 Å². The van der Waals surface area contributed by atoms with Gasteiger partial charge >= 0.3 is 0 Å². The van der Waals surface area contributed by atoms with E-state index < -0.39 is 0 Å². The highest BCUT2D eigenvalue weighted by molar-refractivity contribution is 6.06. The van der Waals surface area contributed by atoms with Gasteiger partial charge in [-0.1, -0.05) is 18.2 Å². The standard InChI is InChI=1S/C26H30N2O2/c1-2-28(23-6-4-3-5-7-23)24(29)21-8-10-22(11-9-21)27-25(30)26-15-18-12-19(16-26)14-20(13-18)17-26/h3-11,18-20H,2,12-17H2,1H3,(H,27,30). The summed E-state index contributed by atoms with van der Waals surface area (Å²) in [5.74, 6) is 2.42. The van der Waals surface area contributed by atoms with E-state index in [-0.39, 0.29) is 17.2 Å². The van der Waals surface area contributed by atoms with Crippen molar-refractivity contribution in [3.05, 3.63) is 60.2 Å². The summed E-state index contributed by atoms with van der Waals surface area (Å²) in [6.07, 6.45) is 7.17. The minimum atomic E-state index is -0.157. The molecule has 4 saturated carbocycles. The molecule has 1 N–H and O–H groups in total. The number of benzene rings is 2. The van der Waals surface area contributed by atoms with E-state index in [9.17, 15) is 9.59 Å². The number of nitrogens with one attached hydrogen (secondary N) is 1. The second-order valence-corrected chi connectivity index (χ2v) is 9.61. The van der Waals surface area contributed by atoms with E-state index in [0.29, 0.717) is 12.1 Å². The molecule has 0 saturated heterocycles. The number of anilines is 2. The molecular weight excluding hydrogens is 372 g/mol. The first-order chi connectivity index (χ1) is 14.6. The number of rotatable bonds is 5. The fraction of sp³-hybridized carbons (Fsp3) is 0.462. The summed E-state index contributed by atoms with van der Waals surface area (Å²) in [5.41, 5.74) is 2.16. The first-order valence-corrected chi connectivity index (χ1v) is 11.3. The Kier molecular flexibility index (Phi) is 4.88. The second kappa shape index (κ2) is 7.57. The Morgan fingerprint density at radius 3 is 2.00 bits per heavy atom. The van der Waals surface area contributed by atoms with Crippen LogP contribution in [0, 0.1) is 23.2 Å². The molecule has 0 spiro atoms. The van der Waals surface area contributed by atoms with Gasteiger partial charge in [0.1, 0.15) is 0 Å². The van der Waals surface area contributed by atoms with Gasteiger partial charge in [0.05, 0.1) is 5.41 Å².